The lowest BCUT2D eigenvalue weighted by atomic mass is 10.5. The van der Waals surface area contributed by atoms with Gasteiger partial charge in [0.15, 0.2) is 0 Å². The lowest BCUT2D eigenvalue weighted by Gasteiger charge is -2.25. The van der Waals surface area contributed by atoms with Crippen molar-refractivity contribution in [1.29, 1.82) is 0 Å². The first-order chi connectivity index (χ1) is 5.27. The topological polar surface area (TPSA) is 15.3 Å². The van der Waals surface area contributed by atoms with Gasteiger partial charge >= 0.3 is 0 Å². The first kappa shape index (κ1) is 8.94. The van der Waals surface area contributed by atoms with Crippen molar-refractivity contribution in [3.63, 3.8) is 0 Å². The van der Waals surface area contributed by atoms with Crippen LogP contribution in [0.4, 0.5) is 0 Å². The summed E-state index contributed by atoms with van der Waals surface area (Å²) in [5, 5.41) is 5.59. The third kappa shape index (κ3) is 2.14. The molecule has 1 N–H and O–H groups in total. The molecule has 0 amide bonds. The summed E-state index contributed by atoms with van der Waals surface area (Å²) in [4.78, 5) is 2.40. The van der Waals surface area contributed by atoms with E-state index in [0.29, 0.717) is 5.50 Å². The average Bonchev–Trinajstić information content (AvgIpc) is 2.39. The Balaban J connectivity index is 2.38. The lowest BCUT2D eigenvalue weighted by Crippen LogP contribution is -2.39. The Morgan fingerprint density at radius 3 is 2.55 bits per heavy atom. The molecule has 1 aliphatic heterocycles. The molecular weight excluding hydrogens is 156 g/mol. The fraction of sp³-hybridized carbons (Fsp3) is 0.750. The summed E-state index contributed by atoms with van der Waals surface area (Å²) in [6, 6.07) is 0. The molecule has 1 atom stereocenters. The van der Waals surface area contributed by atoms with Crippen LogP contribution in [0.1, 0.15) is 20.8 Å². The molecule has 0 aromatic rings. The van der Waals surface area contributed by atoms with E-state index in [4.69, 9.17) is 0 Å². The lowest BCUT2D eigenvalue weighted by molar-refractivity contribution is 0.266. The summed E-state index contributed by atoms with van der Waals surface area (Å²) >= 11 is 1.86. The second-order valence-corrected chi connectivity index (χ2v) is 3.61. The van der Waals surface area contributed by atoms with E-state index in [2.05, 4.69) is 36.4 Å². The largest absolute Gasteiger partial charge is 0.364 e. The van der Waals surface area contributed by atoms with Gasteiger partial charge in [0.25, 0.3) is 0 Å². The molecule has 0 saturated carbocycles. The molecule has 1 unspecified atom stereocenters. The van der Waals surface area contributed by atoms with Crippen LogP contribution in [-0.4, -0.2) is 23.5 Å². The van der Waals surface area contributed by atoms with E-state index in [-0.39, 0.29) is 0 Å². The van der Waals surface area contributed by atoms with Crippen LogP contribution in [0, 0.1) is 0 Å². The summed E-state index contributed by atoms with van der Waals surface area (Å²) in [5.41, 5.74) is 1.76. The first-order valence-electron chi connectivity index (χ1n) is 4.10. The van der Waals surface area contributed by atoms with Crippen LogP contribution < -0.4 is 5.32 Å². The molecule has 0 radical (unpaired) electrons. The Bertz CT molecular complexity index is 152. The number of hydrogen-bond acceptors (Lipinski definition) is 3. The van der Waals surface area contributed by atoms with Gasteiger partial charge in [0.1, 0.15) is 5.50 Å². The van der Waals surface area contributed by atoms with Crippen LogP contribution in [0.5, 0.6) is 0 Å². The van der Waals surface area contributed by atoms with Crippen molar-refractivity contribution in [1.82, 2.24) is 10.2 Å². The fourth-order valence-electron chi connectivity index (χ4n) is 1.16. The van der Waals surface area contributed by atoms with Gasteiger partial charge in [-0.05, 0) is 25.4 Å². The third-order valence-electron chi connectivity index (χ3n) is 1.87. The Labute approximate surface area is 73.0 Å². The van der Waals surface area contributed by atoms with Gasteiger partial charge in [-0.1, -0.05) is 25.6 Å². The fourth-order valence-corrected chi connectivity index (χ4v) is 2.29. The zero-order valence-corrected chi connectivity index (χ0v) is 8.24. The van der Waals surface area contributed by atoms with Gasteiger partial charge in [-0.2, -0.15) is 0 Å². The van der Waals surface area contributed by atoms with Gasteiger partial charge < -0.3 is 5.32 Å². The molecule has 64 valence electrons. The zero-order valence-electron chi connectivity index (χ0n) is 7.42. The predicted octanol–water partition coefficient (Wildman–Crippen LogP) is 1.81. The van der Waals surface area contributed by atoms with Crippen molar-refractivity contribution in [2.75, 3.05) is 13.1 Å². The maximum atomic E-state index is 3.41. The van der Waals surface area contributed by atoms with Crippen molar-refractivity contribution in [2.24, 2.45) is 0 Å². The highest BCUT2D eigenvalue weighted by Crippen LogP contribution is 2.22. The van der Waals surface area contributed by atoms with E-state index in [1.54, 1.807) is 0 Å². The molecule has 3 heteroatoms. The quantitative estimate of drug-likeness (QED) is 0.699. The maximum Gasteiger partial charge on any atom is 0.132 e. The van der Waals surface area contributed by atoms with Crippen LogP contribution in [0.3, 0.4) is 0 Å². The van der Waals surface area contributed by atoms with Crippen LogP contribution in [0.25, 0.3) is 0 Å². The number of nitrogens with zero attached hydrogens (tertiary/aromatic N) is 1. The molecule has 0 bridgehead atoms. The number of hydrogen-bond donors (Lipinski definition) is 1. The van der Waals surface area contributed by atoms with E-state index in [9.17, 15) is 0 Å². The van der Waals surface area contributed by atoms with Crippen molar-refractivity contribution >= 4 is 11.8 Å². The molecule has 0 aromatic carbocycles. The average molecular weight is 172 g/mol. The SMILES string of the molecule is CCN(CC)C1NC(C)=CS1. The van der Waals surface area contributed by atoms with Crippen LogP contribution in [-0.2, 0) is 0 Å². The van der Waals surface area contributed by atoms with Gasteiger partial charge in [-0.3, -0.25) is 4.90 Å². The van der Waals surface area contributed by atoms with Crippen LogP contribution in [0.15, 0.2) is 11.1 Å². The number of allylic oxidation sites excluding steroid dienone is 1. The molecule has 1 heterocycles. The van der Waals surface area contributed by atoms with E-state index < -0.39 is 0 Å². The molecule has 2 nitrogen and oxygen atoms in total. The summed E-state index contributed by atoms with van der Waals surface area (Å²) in [7, 11) is 0. The van der Waals surface area contributed by atoms with Gasteiger partial charge in [0.05, 0.1) is 0 Å². The van der Waals surface area contributed by atoms with Gasteiger partial charge in [0.2, 0.25) is 0 Å². The van der Waals surface area contributed by atoms with Crippen molar-refractivity contribution < 1.29 is 0 Å². The van der Waals surface area contributed by atoms with Crippen molar-refractivity contribution in [2.45, 2.75) is 26.3 Å². The van der Waals surface area contributed by atoms with Crippen LogP contribution in [0.2, 0.25) is 0 Å². The minimum atomic E-state index is 0.477. The van der Waals surface area contributed by atoms with E-state index in [1.807, 2.05) is 11.8 Å². The normalized spacial score (nSPS) is 23.6. The van der Waals surface area contributed by atoms with E-state index in [1.165, 1.54) is 5.70 Å². The molecule has 1 rings (SSSR count). The van der Waals surface area contributed by atoms with Crippen LogP contribution >= 0.6 is 11.8 Å². The molecule has 0 aliphatic carbocycles. The standard InChI is InChI=1S/C8H16N2S/c1-4-10(5-2)8-9-7(3)6-11-8/h6,8-9H,4-5H2,1-3H3. The minimum absolute atomic E-state index is 0.477. The number of thioether (sulfide) groups is 1. The van der Waals surface area contributed by atoms with E-state index >= 15 is 0 Å². The summed E-state index contributed by atoms with van der Waals surface area (Å²) in [6.07, 6.45) is 0. The monoisotopic (exact) mass is 172 g/mol. The third-order valence-corrected chi connectivity index (χ3v) is 3.03. The Hall–Kier alpha value is -0.150. The highest BCUT2D eigenvalue weighted by molar-refractivity contribution is 8.02. The summed E-state index contributed by atoms with van der Waals surface area (Å²) in [6.45, 7) is 8.72. The Morgan fingerprint density at radius 1 is 1.55 bits per heavy atom. The van der Waals surface area contributed by atoms with Crippen molar-refractivity contribution in [3.05, 3.63) is 11.1 Å². The second kappa shape index (κ2) is 4.02. The molecule has 0 fully saturated rings. The summed E-state index contributed by atoms with van der Waals surface area (Å²) < 4.78 is 0. The van der Waals surface area contributed by atoms with E-state index in [0.717, 1.165) is 13.1 Å². The highest BCUT2D eigenvalue weighted by atomic mass is 32.2. The first-order valence-corrected chi connectivity index (χ1v) is 5.05. The Morgan fingerprint density at radius 2 is 2.18 bits per heavy atom. The zero-order chi connectivity index (χ0) is 8.27. The predicted molar refractivity (Wildman–Crippen MR) is 51.2 cm³/mol. The minimum Gasteiger partial charge on any atom is -0.364 e. The molecule has 0 saturated heterocycles. The maximum absolute atomic E-state index is 3.41. The molecule has 1 aliphatic rings. The van der Waals surface area contributed by atoms with Gasteiger partial charge in [-0.15, -0.1) is 0 Å². The smallest absolute Gasteiger partial charge is 0.132 e. The highest BCUT2D eigenvalue weighted by Gasteiger charge is 2.18. The molecule has 0 aromatic heterocycles. The second-order valence-electron chi connectivity index (χ2n) is 2.65. The summed E-state index contributed by atoms with van der Waals surface area (Å²) in [5.74, 6) is 0. The van der Waals surface area contributed by atoms with Gasteiger partial charge in [0, 0.05) is 5.70 Å². The van der Waals surface area contributed by atoms with Gasteiger partial charge in [-0.25, -0.2) is 0 Å². The molecular formula is C8H16N2S. The molecule has 0 spiro atoms. The van der Waals surface area contributed by atoms with Crippen molar-refractivity contribution in [3.8, 4) is 0 Å². The Kier molecular flexibility index (Phi) is 3.27. The number of rotatable bonds is 3. The molecule has 11 heavy (non-hydrogen) atoms. The number of nitrogens with one attached hydrogen (secondary N) is 1.